The Morgan fingerprint density at radius 3 is 2.71 bits per heavy atom. The maximum absolute atomic E-state index is 5.57. The van der Waals surface area contributed by atoms with Crippen LogP contribution in [0.25, 0.3) is 11.3 Å². The zero-order valence-electron chi connectivity index (χ0n) is 8.16. The number of benzene rings is 1. The average molecular weight is 187 g/mol. The predicted octanol–water partition coefficient (Wildman–Crippen LogP) is 2.71. The van der Waals surface area contributed by atoms with Crippen LogP contribution < -0.4 is 5.73 Å². The summed E-state index contributed by atoms with van der Waals surface area (Å²) in [4.78, 5) is 0. The highest BCUT2D eigenvalue weighted by Crippen LogP contribution is 2.22. The van der Waals surface area contributed by atoms with Crippen molar-refractivity contribution in [1.82, 2.24) is 0 Å². The molecule has 2 heteroatoms. The van der Waals surface area contributed by atoms with Crippen LogP contribution in [0.15, 0.2) is 40.8 Å². The van der Waals surface area contributed by atoms with E-state index in [1.807, 2.05) is 37.3 Å². The van der Waals surface area contributed by atoms with E-state index in [0.717, 1.165) is 22.6 Å². The highest BCUT2D eigenvalue weighted by atomic mass is 16.3. The number of furan rings is 1. The number of nitrogens with two attached hydrogens (primary N) is 1. The molecular weight excluding hydrogens is 174 g/mol. The summed E-state index contributed by atoms with van der Waals surface area (Å²) in [5.41, 5.74) is 7.78. The van der Waals surface area contributed by atoms with Crippen molar-refractivity contribution in [1.29, 1.82) is 0 Å². The maximum atomic E-state index is 5.57. The van der Waals surface area contributed by atoms with Gasteiger partial charge in [-0.1, -0.05) is 18.2 Å². The second-order valence-corrected chi connectivity index (χ2v) is 3.31. The van der Waals surface area contributed by atoms with Gasteiger partial charge in [0.1, 0.15) is 11.5 Å². The van der Waals surface area contributed by atoms with Crippen molar-refractivity contribution in [3.8, 4) is 11.3 Å². The summed E-state index contributed by atoms with van der Waals surface area (Å²) in [5, 5.41) is 0. The zero-order chi connectivity index (χ0) is 9.97. The van der Waals surface area contributed by atoms with E-state index in [2.05, 4.69) is 6.07 Å². The minimum absolute atomic E-state index is 0.563. The van der Waals surface area contributed by atoms with Gasteiger partial charge in [0.2, 0.25) is 0 Å². The molecule has 0 saturated carbocycles. The molecule has 2 N–H and O–H groups in total. The van der Waals surface area contributed by atoms with Gasteiger partial charge in [-0.15, -0.1) is 0 Å². The van der Waals surface area contributed by atoms with Gasteiger partial charge in [-0.25, -0.2) is 0 Å². The van der Waals surface area contributed by atoms with E-state index in [1.54, 1.807) is 0 Å². The molecule has 14 heavy (non-hydrogen) atoms. The molecule has 0 aliphatic carbocycles. The zero-order valence-corrected chi connectivity index (χ0v) is 8.16. The van der Waals surface area contributed by atoms with Crippen LogP contribution in [-0.2, 0) is 6.54 Å². The minimum atomic E-state index is 0.563. The minimum Gasteiger partial charge on any atom is -0.461 e. The van der Waals surface area contributed by atoms with E-state index in [1.165, 1.54) is 0 Å². The Bertz CT molecular complexity index is 431. The summed E-state index contributed by atoms with van der Waals surface area (Å²) in [6.45, 7) is 2.50. The Kier molecular flexibility index (Phi) is 2.37. The molecule has 2 rings (SSSR count). The van der Waals surface area contributed by atoms with Gasteiger partial charge < -0.3 is 10.2 Å². The summed E-state index contributed by atoms with van der Waals surface area (Å²) in [7, 11) is 0. The van der Waals surface area contributed by atoms with Crippen molar-refractivity contribution in [3.63, 3.8) is 0 Å². The molecule has 0 radical (unpaired) electrons. The standard InChI is InChI=1S/C12H13NO/c1-9-5-6-12(14-9)11-4-2-3-10(7-11)8-13/h2-7H,8,13H2,1H3. The van der Waals surface area contributed by atoms with Crippen LogP contribution in [0.3, 0.4) is 0 Å². The summed E-state index contributed by atoms with van der Waals surface area (Å²) in [6.07, 6.45) is 0. The molecule has 0 bridgehead atoms. The Labute approximate surface area is 83.4 Å². The van der Waals surface area contributed by atoms with Crippen LogP contribution in [0.4, 0.5) is 0 Å². The number of rotatable bonds is 2. The smallest absolute Gasteiger partial charge is 0.134 e. The number of aryl methyl sites for hydroxylation is 1. The van der Waals surface area contributed by atoms with Gasteiger partial charge in [-0.2, -0.15) is 0 Å². The van der Waals surface area contributed by atoms with Gasteiger partial charge in [-0.05, 0) is 30.7 Å². The SMILES string of the molecule is Cc1ccc(-c2cccc(CN)c2)o1. The highest BCUT2D eigenvalue weighted by molar-refractivity contribution is 5.58. The van der Waals surface area contributed by atoms with Gasteiger partial charge in [0, 0.05) is 12.1 Å². The second-order valence-electron chi connectivity index (χ2n) is 3.31. The molecule has 0 aliphatic rings. The van der Waals surface area contributed by atoms with Crippen LogP contribution in [0, 0.1) is 6.92 Å². The molecule has 0 atom stereocenters. The third-order valence-corrected chi connectivity index (χ3v) is 2.19. The first-order valence-corrected chi connectivity index (χ1v) is 4.65. The molecule has 1 aromatic heterocycles. The van der Waals surface area contributed by atoms with E-state index >= 15 is 0 Å². The molecular formula is C12H13NO. The van der Waals surface area contributed by atoms with Crippen molar-refractivity contribution in [3.05, 3.63) is 47.7 Å². The van der Waals surface area contributed by atoms with Crippen molar-refractivity contribution < 1.29 is 4.42 Å². The lowest BCUT2D eigenvalue weighted by Gasteiger charge is -2.00. The molecule has 1 heterocycles. The van der Waals surface area contributed by atoms with Crippen molar-refractivity contribution in [2.24, 2.45) is 5.73 Å². The van der Waals surface area contributed by atoms with Gasteiger partial charge in [0.05, 0.1) is 0 Å². The Morgan fingerprint density at radius 1 is 1.21 bits per heavy atom. The van der Waals surface area contributed by atoms with Gasteiger partial charge in [-0.3, -0.25) is 0 Å². The first-order valence-electron chi connectivity index (χ1n) is 4.65. The van der Waals surface area contributed by atoms with Gasteiger partial charge in [0.15, 0.2) is 0 Å². The number of hydrogen-bond acceptors (Lipinski definition) is 2. The topological polar surface area (TPSA) is 39.2 Å². The summed E-state index contributed by atoms with van der Waals surface area (Å²) in [6, 6.07) is 12.0. The Balaban J connectivity index is 2.41. The van der Waals surface area contributed by atoms with Crippen molar-refractivity contribution in [2.75, 3.05) is 0 Å². The van der Waals surface area contributed by atoms with Crippen molar-refractivity contribution in [2.45, 2.75) is 13.5 Å². The fraction of sp³-hybridized carbons (Fsp3) is 0.167. The third-order valence-electron chi connectivity index (χ3n) is 2.19. The quantitative estimate of drug-likeness (QED) is 0.785. The summed E-state index contributed by atoms with van der Waals surface area (Å²) < 4.78 is 5.53. The van der Waals surface area contributed by atoms with E-state index in [0.29, 0.717) is 6.54 Å². The van der Waals surface area contributed by atoms with Gasteiger partial charge >= 0.3 is 0 Å². The predicted molar refractivity (Wildman–Crippen MR) is 56.8 cm³/mol. The third kappa shape index (κ3) is 1.70. The van der Waals surface area contributed by atoms with E-state index < -0.39 is 0 Å². The Hall–Kier alpha value is -1.54. The molecule has 1 aromatic carbocycles. The first-order chi connectivity index (χ1) is 6.79. The molecule has 0 saturated heterocycles. The van der Waals surface area contributed by atoms with Crippen LogP contribution in [0.5, 0.6) is 0 Å². The van der Waals surface area contributed by atoms with Crippen molar-refractivity contribution >= 4 is 0 Å². The van der Waals surface area contributed by atoms with Crippen LogP contribution in [0.1, 0.15) is 11.3 Å². The normalized spacial score (nSPS) is 10.4. The van der Waals surface area contributed by atoms with Crippen LogP contribution >= 0.6 is 0 Å². The lowest BCUT2D eigenvalue weighted by atomic mass is 10.1. The second kappa shape index (κ2) is 3.68. The molecule has 0 fully saturated rings. The molecule has 0 unspecified atom stereocenters. The van der Waals surface area contributed by atoms with Crippen LogP contribution in [0.2, 0.25) is 0 Å². The maximum Gasteiger partial charge on any atom is 0.134 e. The van der Waals surface area contributed by atoms with E-state index in [9.17, 15) is 0 Å². The fourth-order valence-corrected chi connectivity index (χ4v) is 1.44. The first kappa shape index (κ1) is 9.03. The van der Waals surface area contributed by atoms with Crippen LogP contribution in [-0.4, -0.2) is 0 Å². The highest BCUT2D eigenvalue weighted by Gasteiger charge is 2.02. The number of hydrogen-bond donors (Lipinski definition) is 1. The largest absolute Gasteiger partial charge is 0.461 e. The average Bonchev–Trinajstić information content (AvgIpc) is 2.65. The molecule has 2 nitrogen and oxygen atoms in total. The monoisotopic (exact) mass is 187 g/mol. The Morgan fingerprint density at radius 2 is 2.07 bits per heavy atom. The van der Waals surface area contributed by atoms with Gasteiger partial charge in [0.25, 0.3) is 0 Å². The fourth-order valence-electron chi connectivity index (χ4n) is 1.44. The molecule has 2 aromatic rings. The summed E-state index contributed by atoms with van der Waals surface area (Å²) >= 11 is 0. The molecule has 0 spiro atoms. The lowest BCUT2D eigenvalue weighted by Crippen LogP contribution is -1.95. The molecule has 0 aliphatic heterocycles. The molecule has 72 valence electrons. The lowest BCUT2D eigenvalue weighted by molar-refractivity contribution is 0.548. The molecule has 0 amide bonds. The van der Waals surface area contributed by atoms with E-state index in [-0.39, 0.29) is 0 Å². The summed E-state index contributed by atoms with van der Waals surface area (Å²) in [5.74, 6) is 1.83. The van der Waals surface area contributed by atoms with E-state index in [4.69, 9.17) is 10.2 Å².